The summed E-state index contributed by atoms with van der Waals surface area (Å²) in [7, 11) is 0. The molecule has 3 rings (SSSR count). The van der Waals surface area contributed by atoms with Crippen LogP contribution in [-0.2, 0) is 0 Å². The van der Waals surface area contributed by atoms with E-state index >= 15 is 0 Å². The number of carbonyl (C=O) groups is 1. The molecule has 2 aromatic rings. The number of aromatic nitrogens is 1. The van der Waals surface area contributed by atoms with Crippen LogP contribution in [0.3, 0.4) is 0 Å². The Bertz CT molecular complexity index is 710. The second-order valence-corrected chi connectivity index (χ2v) is 5.93. The Morgan fingerprint density at radius 3 is 2.74 bits per heavy atom. The van der Waals surface area contributed by atoms with Crippen LogP contribution < -0.4 is 0 Å². The topological polar surface area (TPSA) is 39.3 Å². The molecule has 4 nitrogen and oxygen atoms in total. The molecule has 1 N–H and O–H groups in total. The molecule has 124 valence electrons. The summed E-state index contributed by atoms with van der Waals surface area (Å²) < 4.78 is 37.6. The fourth-order valence-electron chi connectivity index (χ4n) is 3.06. The molecule has 1 aliphatic heterocycles. The van der Waals surface area contributed by atoms with Crippen molar-refractivity contribution in [3.8, 4) is 0 Å². The van der Waals surface area contributed by atoms with Crippen LogP contribution in [0.1, 0.15) is 17.3 Å². The lowest BCUT2D eigenvalue weighted by Crippen LogP contribution is -2.55. The molecule has 1 aliphatic rings. The lowest BCUT2D eigenvalue weighted by atomic mass is 10.1. The highest BCUT2D eigenvalue weighted by Crippen LogP contribution is 2.23. The van der Waals surface area contributed by atoms with Crippen molar-refractivity contribution in [1.82, 2.24) is 14.8 Å². The van der Waals surface area contributed by atoms with Gasteiger partial charge in [0.15, 0.2) is 0 Å². The van der Waals surface area contributed by atoms with Gasteiger partial charge < -0.3 is 9.88 Å². The van der Waals surface area contributed by atoms with Gasteiger partial charge in [0, 0.05) is 42.8 Å². The van der Waals surface area contributed by atoms with E-state index in [1.807, 2.05) is 24.3 Å². The standard InChI is InChI=1S/C16H18F3N3O/c1-11-9-21(6-7-22(11)10-16(17,18)19)15(23)13-8-20-14-5-3-2-4-12(13)14/h2-5,8,11,20H,6-7,9-10H2,1H3. The maximum Gasteiger partial charge on any atom is 0.401 e. The van der Waals surface area contributed by atoms with Crippen molar-refractivity contribution in [2.45, 2.75) is 19.1 Å². The summed E-state index contributed by atoms with van der Waals surface area (Å²) in [5, 5.41) is 0.836. The molecule has 7 heteroatoms. The zero-order chi connectivity index (χ0) is 16.6. The maximum atomic E-state index is 12.7. The number of para-hydroxylation sites is 1. The first-order chi connectivity index (χ1) is 10.8. The third kappa shape index (κ3) is 3.34. The van der Waals surface area contributed by atoms with Gasteiger partial charge in [-0.2, -0.15) is 13.2 Å². The number of nitrogens with one attached hydrogen (secondary N) is 1. The number of H-pyrrole nitrogens is 1. The molecule has 23 heavy (non-hydrogen) atoms. The molecule has 0 saturated carbocycles. The van der Waals surface area contributed by atoms with Crippen molar-refractivity contribution in [1.29, 1.82) is 0 Å². The highest BCUT2D eigenvalue weighted by atomic mass is 19.4. The second kappa shape index (κ2) is 5.88. The van der Waals surface area contributed by atoms with Gasteiger partial charge in [-0.3, -0.25) is 9.69 Å². The Kier molecular flexibility index (Phi) is 4.06. The summed E-state index contributed by atoms with van der Waals surface area (Å²) in [4.78, 5) is 18.7. The average Bonchev–Trinajstić information content (AvgIpc) is 2.91. The Morgan fingerprint density at radius 1 is 1.30 bits per heavy atom. The molecule has 0 spiro atoms. The number of nitrogens with zero attached hydrogens (tertiary/aromatic N) is 2. The van der Waals surface area contributed by atoms with E-state index in [0.29, 0.717) is 18.7 Å². The van der Waals surface area contributed by atoms with Crippen molar-refractivity contribution < 1.29 is 18.0 Å². The van der Waals surface area contributed by atoms with Gasteiger partial charge in [-0.05, 0) is 13.0 Å². The molecule has 1 aromatic heterocycles. The van der Waals surface area contributed by atoms with Gasteiger partial charge in [0.25, 0.3) is 5.91 Å². The number of hydrogen-bond acceptors (Lipinski definition) is 2. The highest BCUT2D eigenvalue weighted by Gasteiger charge is 2.36. The molecular formula is C16H18F3N3O. The zero-order valence-corrected chi connectivity index (χ0v) is 12.7. The molecule has 0 radical (unpaired) electrons. The Morgan fingerprint density at radius 2 is 2.04 bits per heavy atom. The Hall–Kier alpha value is -2.02. The molecule has 1 aromatic carbocycles. The largest absolute Gasteiger partial charge is 0.401 e. The van der Waals surface area contributed by atoms with Crippen LogP contribution in [-0.4, -0.2) is 59.1 Å². The van der Waals surface area contributed by atoms with Gasteiger partial charge in [0.05, 0.1) is 12.1 Å². The number of halogens is 3. The van der Waals surface area contributed by atoms with Gasteiger partial charge >= 0.3 is 6.18 Å². The molecule has 1 fully saturated rings. The van der Waals surface area contributed by atoms with Gasteiger partial charge in [0.1, 0.15) is 0 Å². The summed E-state index contributed by atoms with van der Waals surface area (Å²) in [6.07, 6.45) is -2.54. The molecule has 0 bridgehead atoms. The molecule has 2 heterocycles. The third-order valence-electron chi connectivity index (χ3n) is 4.25. The van der Waals surface area contributed by atoms with E-state index in [1.165, 1.54) is 4.90 Å². The predicted molar refractivity (Wildman–Crippen MR) is 81.3 cm³/mol. The zero-order valence-electron chi connectivity index (χ0n) is 12.7. The van der Waals surface area contributed by atoms with Crippen LogP contribution in [0.25, 0.3) is 10.9 Å². The van der Waals surface area contributed by atoms with E-state index in [1.54, 1.807) is 18.0 Å². The molecule has 1 atom stereocenters. The monoisotopic (exact) mass is 325 g/mol. The van der Waals surface area contributed by atoms with Crippen LogP contribution >= 0.6 is 0 Å². The lowest BCUT2D eigenvalue weighted by molar-refractivity contribution is -0.153. The second-order valence-electron chi connectivity index (χ2n) is 5.93. The van der Waals surface area contributed by atoms with E-state index in [4.69, 9.17) is 0 Å². The first kappa shape index (κ1) is 15.9. The normalized spacial score (nSPS) is 20.2. The minimum Gasteiger partial charge on any atom is -0.360 e. The third-order valence-corrected chi connectivity index (χ3v) is 4.25. The highest BCUT2D eigenvalue weighted by molar-refractivity contribution is 6.06. The van der Waals surface area contributed by atoms with Gasteiger partial charge in [-0.15, -0.1) is 0 Å². The molecule has 0 aliphatic carbocycles. The van der Waals surface area contributed by atoms with E-state index in [0.717, 1.165) is 10.9 Å². The van der Waals surface area contributed by atoms with Crippen LogP contribution in [0.5, 0.6) is 0 Å². The quantitative estimate of drug-likeness (QED) is 0.922. The smallest absolute Gasteiger partial charge is 0.360 e. The molecular weight excluding hydrogens is 307 g/mol. The summed E-state index contributed by atoms with van der Waals surface area (Å²) >= 11 is 0. The van der Waals surface area contributed by atoms with Gasteiger partial charge in [-0.25, -0.2) is 0 Å². The van der Waals surface area contributed by atoms with E-state index in [9.17, 15) is 18.0 Å². The van der Waals surface area contributed by atoms with Crippen molar-refractivity contribution in [3.63, 3.8) is 0 Å². The average molecular weight is 325 g/mol. The van der Waals surface area contributed by atoms with Gasteiger partial charge in [0.2, 0.25) is 0 Å². The summed E-state index contributed by atoms with van der Waals surface area (Å²) in [6.45, 7) is 1.63. The Balaban J connectivity index is 1.73. The predicted octanol–water partition coefficient (Wildman–Crippen LogP) is 2.88. The van der Waals surface area contributed by atoms with E-state index < -0.39 is 12.7 Å². The van der Waals surface area contributed by atoms with Crippen LogP contribution in [0, 0.1) is 0 Å². The number of piperazine rings is 1. The number of hydrogen-bond donors (Lipinski definition) is 1. The van der Waals surface area contributed by atoms with Crippen molar-refractivity contribution in [2.75, 3.05) is 26.2 Å². The van der Waals surface area contributed by atoms with E-state index in [-0.39, 0.29) is 18.5 Å². The fourth-order valence-corrected chi connectivity index (χ4v) is 3.06. The SMILES string of the molecule is CC1CN(C(=O)c2c[nH]c3ccccc23)CCN1CC(F)(F)F. The number of amides is 1. The number of aromatic amines is 1. The van der Waals surface area contributed by atoms with Crippen LogP contribution in [0.2, 0.25) is 0 Å². The summed E-state index contributed by atoms with van der Waals surface area (Å²) in [6, 6.07) is 7.17. The molecule has 1 saturated heterocycles. The maximum absolute atomic E-state index is 12.7. The van der Waals surface area contributed by atoms with Crippen LogP contribution in [0.4, 0.5) is 13.2 Å². The number of rotatable bonds is 2. The number of fused-ring (bicyclic) bond motifs is 1. The summed E-state index contributed by atoms with van der Waals surface area (Å²) in [5.41, 5.74) is 1.44. The molecule has 1 unspecified atom stereocenters. The minimum absolute atomic E-state index is 0.138. The van der Waals surface area contributed by atoms with Crippen LogP contribution in [0.15, 0.2) is 30.5 Å². The first-order valence-electron chi connectivity index (χ1n) is 7.51. The van der Waals surface area contributed by atoms with Crippen molar-refractivity contribution in [3.05, 3.63) is 36.0 Å². The minimum atomic E-state index is -4.21. The first-order valence-corrected chi connectivity index (χ1v) is 7.51. The number of carbonyl (C=O) groups excluding carboxylic acids is 1. The summed E-state index contributed by atoms with van der Waals surface area (Å²) in [5.74, 6) is -0.138. The van der Waals surface area contributed by atoms with Crippen molar-refractivity contribution in [2.24, 2.45) is 0 Å². The number of benzene rings is 1. The lowest BCUT2D eigenvalue weighted by Gasteiger charge is -2.40. The fraction of sp³-hybridized carbons (Fsp3) is 0.438. The Labute approximate surface area is 131 Å². The van der Waals surface area contributed by atoms with Gasteiger partial charge in [-0.1, -0.05) is 18.2 Å². The van der Waals surface area contributed by atoms with E-state index in [2.05, 4.69) is 4.98 Å². The molecule has 1 amide bonds. The van der Waals surface area contributed by atoms with Crippen molar-refractivity contribution >= 4 is 16.8 Å². The number of alkyl halides is 3.